The SMILES string of the molecule is Cc1nc(C)c(C(NN)C(C)C)s1. The molecular formula is C9H17N3S. The topological polar surface area (TPSA) is 50.9 Å². The molecule has 1 heterocycles. The zero-order valence-electron chi connectivity index (χ0n) is 8.59. The molecule has 1 unspecified atom stereocenters. The number of rotatable bonds is 3. The highest BCUT2D eigenvalue weighted by Crippen LogP contribution is 2.28. The van der Waals surface area contributed by atoms with E-state index in [1.54, 1.807) is 11.3 Å². The lowest BCUT2D eigenvalue weighted by molar-refractivity contribution is 0.425. The second kappa shape index (κ2) is 4.17. The number of thiazole rings is 1. The fraction of sp³-hybridized carbons (Fsp3) is 0.667. The van der Waals surface area contributed by atoms with Gasteiger partial charge in [0.1, 0.15) is 0 Å². The number of aromatic nitrogens is 1. The third-order valence-corrected chi connectivity index (χ3v) is 3.22. The van der Waals surface area contributed by atoms with E-state index in [1.165, 1.54) is 4.88 Å². The molecule has 13 heavy (non-hydrogen) atoms. The summed E-state index contributed by atoms with van der Waals surface area (Å²) in [5.41, 5.74) is 3.94. The van der Waals surface area contributed by atoms with Gasteiger partial charge in [0.05, 0.1) is 16.7 Å². The number of nitrogens with one attached hydrogen (secondary N) is 1. The van der Waals surface area contributed by atoms with Gasteiger partial charge in [0.15, 0.2) is 0 Å². The van der Waals surface area contributed by atoms with E-state index in [0.29, 0.717) is 5.92 Å². The first-order valence-corrected chi connectivity index (χ1v) is 5.28. The molecule has 4 heteroatoms. The quantitative estimate of drug-likeness (QED) is 0.577. The second-order valence-electron chi connectivity index (χ2n) is 3.57. The van der Waals surface area contributed by atoms with Crippen LogP contribution in [0.4, 0.5) is 0 Å². The molecule has 0 saturated carbocycles. The molecule has 0 spiro atoms. The maximum atomic E-state index is 5.51. The summed E-state index contributed by atoms with van der Waals surface area (Å²) in [4.78, 5) is 5.64. The summed E-state index contributed by atoms with van der Waals surface area (Å²) in [5, 5.41) is 1.10. The number of hydrogen-bond donors (Lipinski definition) is 2. The van der Waals surface area contributed by atoms with Gasteiger partial charge in [0.2, 0.25) is 0 Å². The van der Waals surface area contributed by atoms with Crippen LogP contribution in [0.25, 0.3) is 0 Å². The predicted molar refractivity (Wildman–Crippen MR) is 56.5 cm³/mol. The van der Waals surface area contributed by atoms with Crippen molar-refractivity contribution in [2.75, 3.05) is 0 Å². The minimum Gasteiger partial charge on any atom is -0.271 e. The first-order valence-electron chi connectivity index (χ1n) is 4.46. The summed E-state index contributed by atoms with van der Waals surface area (Å²) in [5.74, 6) is 6.00. The van der Waals surface area contributed by atoms with Gasteiger partial charge in [0.25, 0.3) is 0 Å². The Morgan fingerprint density at radius 2 is 2.00 bits per heavy atom. The van der Waals surface area contributed by atoms with Gasteiger partial charge in [-0.3, -0.25) is 11.3 Å². The third kappa shape index (κ3) is 2.27. The summed E-state index contributed by atoms with van der Waals surface area (Å²) in [6.45, 7) is 8.36. The minimum absolute atomic E-state index is 0.228. The Morgan fingerprint density at radius 1 is 1.38 bits per heavy atom. The molecule has 0 aliphatic carbocycles. The van der Waals surface area contributed by atoms with Gasteiger partial charge in [-0.15, -0.1) is 11.3 Å². The Kier molecular flexibility index (Phi) is 3.41. The molecule has 0 bridgehead atoms. The summed E-state index contributed by atoms with van der Waals surface area (Å²) in [7, 11) is 0. The molecule has 0 radical (unpaired) electrons. The van der Waals surface area contributed by atoms with Crippen LogP contribution in [-0.2, 0) is 0 Å². The van der Waals surface area contributed by atoms with Crippen molar-refractivity contribution < 1.29 is 0 Å². The van der Waals surface area contributed by atoms with Crippen molar-refractivity contribution in [1.82, 2.24) is 10.4 Å². The Labute approximate surface area is 83.3 Å². The maximum Gasteiger partial charge on any atom is 0.0900 e. The largest absolute Gasteiger partial charge is 0.271 e. The summed E-state index contributed by atoms with van der Waals surface area (Å²) in [6, 6.07) is 0.228. The molecule has 0 saturated heterocycles. The highest BCUT2D eigenvalue weighted by Gasteiger charge is 2.18. The molecule has 0 amide bonds. The molecule has 0 aliphatic heterocycles. The molecule has 1 aromatic heterocycles. The van der Waals surface area contributed by atoms with E-state index in [4.69, 9.17) is 5.84 Å². The highest BCUT2D eigenvalue weighted by molar-refractivity contribution is 7.11. The maximum absolute atomic E-state index is 5.51. The van der Waals surface area contributed by atoms with E-state index in [1.807, 2.05) is 13.8 Å². The number of hydrazine groups is 1. The minimum atomic E-state index is 0.228. The van der Waals surface area contributed by atoms with Gasteiger partial charge < -0.3 is 0 Å². The van der Waals surface area contributed by atoms with Crippen LogP contribution in [0.3, 0.4) is 0 Å². The first kappa shape index (κ1) is 10.6. The van der Waals surface area contributed by atoms with Crippen molar-refractivity contribution in [3.05, 3.63) is 15.6 Å². The van der Waals surface area contributed by atoms with Crippen LogP contribution in [0.1, 0.15) is 35.5 Å². The van der Waals surface area contributed by atoms with Crippen LogP contribution in [0.15, 0.2) is 0 Å². The summed E-state index contributed by atoms with van der Waals surface area (Å²) < 4.78 is 0. The van der Waals surface area contributed by atoms with Gasteiger partial charge in [-0.25, -0.2) is 4.98 Å². The number of nitrogens with two attached hydrogens (primary N) is 1. The molecule has 1 atom stereocenters. The Hall–Kier alpha value is -0.450. The molecule has 0 aromatic carbocycles. The van der Waals surface area contributed by atoms with Crippen molar-refractivity contribution in [2.45, 2.75) is 33.7 Å². The van der Waals surface area contributed by atoms with E-state index >= 15 is 0 Å². The Bertz CT molecular complexity index is 280. The van der Waals surface area contributed by atoms with Crippen molar-refractivity contribution >= 4 is 11.3 Å². The fourth-order valence-electron chi connectivity index (χ4n) is 1.41. The normalized spacial score (nSPS) is 13.7. The Balaban J connectivity index is 2.97. The van der Waals surface area contributed by atoms with Gasteiger partial charge in [0, 0.05) is 4.88 Å². The summed E-state index contributed by atoms with van der Waals surface area (Å²) in [6.07, 6.45) is 0. The van der Waals surface area contributed by atoms with Crippen LogP contribution in [-0.4, -0.2) is 4.98 Å². The third-order valence-electron chi connectivity index (χ3n) is 2.07. The standard InChI is InChI=1S/C9H17N3S/c1-5(2)8(12-10)9-6(3)11-7(4)13-9/h5,8,12H,10H2,1-4H3. The zero-order chi connectivity index (χ0) is 10.0. The molecular weight excluding hydrogens is 182 g/mol. The lowest BCUT2D eigenvalue weighted by Gasteiger charge is -2.18. The number of aryl methyl sites for hydroxylation is 2. The monoisotopic (exact) mass is 199 g/mol. The van der Waals surface area contributed by atoms with E-state index in [-0.39, 0.29) is 6.04 Å². The van der Waals surface area contributed by atoms with Gasteiger partial charge in [-0.05, 0) is 19.8 Å². The lowest BCUT2D eigenvalue weighted by atomic mass is 10.0. The van der Waals surface area contributed by atoms with E-state index in [0.717, 1.165) is 10.7 Å². The fourth-order valence-corrected chi connectivity index (χ4v) is 2.57. The van der Waals surface area contributed by atoms with Gasteiger partial charge in [-0.2, -0.15) is 0 Å². The Morgan fingerprint density at radius 3 is 2.31 bits per heavy atom. The van der Waals surface area contributed by atoms with Crippen LogP contribution < -0.4 is 11.3 Å². The van der Waals surface area contributed by atoms with Crippen molar-refractivity contribution in [3.63, 3.8) is 0 Å². The molecule has 74 valence electrons. The van der Waals surface area contributed by atoms with Crippen molar-refractivity contribution in [2.24, 2.45) is 11.8 Å². The molecule has 3 nitrogen and oxygen atoms in total. The van der Waals surface area contributed by atoms with E-state index < -0.39 is 0 Å². The molecule has 3 N–H and O–H groups in total. The smallest absolute Gasteiger partial charge is 0.0900 e. The van der Waals surface area contributed by atoms with Crippen LogP contribution in [0.2, 0.25) is 0 Å². The molecule has 1 rings (SSSR count). The molecule has 0 fully saturated rings. The van der Waals surface area contributed by atoms with E-state index in [9.17, 15) is 0 Å². The number of hydrogen-bond acceptors (Lipinski definition) is 4. The zero-order valence-corrected chi connectivity index (χ0v) is 9.40. The van der Waals surface area contributed by atoms with Gasteiger partial charge >= 0.3 is 0 Å². The van der Waals surface area contributed by atoms with Gasteiger partial charge in [-0.1, -0.05) is 13.8 Å². The average Bonchev–Trinajstić information content (AvgIpc) is 2.31. The molecule has 1 aromatic rings. The first-order chi connectivity index (χ1) is 6.06. The summed E-state index contributed by atoms with van der Waals surface area (Å²) >= 11 is 1.72. The van der Waals surface area contributed by atoms with Crippen molar-refractivity contribution in [3.8, 4) is 0 Å². The highest BCUT2D eigenvalue weighted by atomic mass is 32.1. The van der Waals surface area contributed by atoms with Crippen LogP contribution in [0.5, 0.6) is 0 Å². The molecule has 0 aliphatic rings. The van der Waals surface area contributed by atoms with E-state index in [2.05, 4.69) is 24.3 Å². The van der Waals surface area contributed by atoms with Crippen LogP contribution >= 0.6 is 11.3 Å². The van der Waals surface area contributed by atoms with Crippen LogP contribution in [0, 0.1) is 19.8 Å². The average molecular weight is 199 g/mol. The second-order valence-corrected chi connectivity index (χ2v) is 4.81. The number of nitrogens with zero attached hydrogens (tertiary/aromatic N) is 1. The van der Waals surface area contributed by atoms with Crippen molar-refractivity contribution in [1.29, 1.82) is 0 Å². The lowest BCUT2D eigenvalue weighted by Crippen LogP contribution is -2.31. The predicted octanol–water partition coefficient (Wildman–Crippen LogP) is 1.92.